The van der Waals surface area contributed by atoms with Gasteiger partial charge in [-0.1, -0.05) is 0 Å². The number of rotatable bonds is 3. The summed E-state index contributed by atoms with van der Waals surface area (Å²) in [7, 11) is 3.32. The van der Waals surface area contributed by atoms with Crippen molar-refractivity contribution in [3.05, 3.63) is 0 Å². The second kappa shape index (κ2) is 4.23. The zero-order valence-corrected chi connectivity index (χ0v) is 7.87. The Hall–Kier alpha value is -1.10. The van der Waals surface area contributed by atoms with Gasteiger partial charge in [-0.15, -0.1) is 0 Å². The number of carbonyl (C=O) groups excluding carboxylic acids is 2. The maximum Gasteiger partial charge on any atom is 0.323 e. The second-order valence-corrected chi connectivity index (χ2v) is 3.06. The Bertz CT molecular complexity index is 217. The molecule has 1 fully saturated rings. The number of hydrogen-bond donors (Lipinski definition) is 1. The summed E-state index contributed by atoms with van der Waals surface area (Å²) in [5.74, 6) is -0.325. The molecule has 1 saturated heterocycles. The van der Waals surface area contributed by atoms with Crippen molar-refractivity contribution >= 4 is 11.9 Å². The number of nitrogens with one attached hydrogen (secondary N) is 1. The molecule has 1 amide bonds. The van der Waals surface area contributed by atoms with E-state index in [1.54, 1.807) is 19.0 Å². The summed E-state index contributed by atoms with van der Waals surface area (Å²) in [6.07, 6.45) is 0.673. The predicted octanol–water partition coefficient (Wildman–Crippen LogP) is -1.02. The minimum Gasteiger partial charge on any atom is -0.464 e. The molecule has 0 aromatic heterocycles. The van der Waals surface area contributed by atoms with E-state index in [1.807, 2.05) is 0 Å². The van der Waals surface area contributed by atoms with Crippen LogP contribution in [0.25, 0.3) is 0 Å². The van der Waals surface area contributed by atoms with Crippen LogP contribution in [0.3, 0.4) is 0 Å². The van der Waals surface area contributed by atoms with Gasteiger partial charge in [-0.25, -0.2) is 0 Å². The number of nitrogens with zero attached hydrogens (tertiary/aromatic N) is 1. The van der Waals surface area contributed by atoms with Crippen LogP contribution >= 0.6 is 0 Å². The monoisotopic (exact) mass is 186 g/mol. The predicted molar refractivity (Wildman–Crippen MR) is 46.1 cm³/mol. The van der Waals surface area contributed by atoms with Gasteiger partial charge in [0.2, 0.25) is 5.91 Å². The van der Waals surface area contributed by atoms with E-state index in [2.05, 4.69) is 5.32 Å². The lowest BCUT2D eigenvalue weighted by atomic mass is 10.2. The van der Waals surface area contributed by atoms with E-state index >= 15 is 0 Å². The lowest BCUT2D eigenvalue weighted by Crippen LogP contribution is -2.41. The molecule has 1 aliphatic heterocycles. The van der Waals surface area contributed by atoms with Crippen LogP contribution in [-0.4, -0.2) is 50.1 Å². The molecular formula is C8H14N2O3. The molecule has 1 unspecified atom stereocenters. The van der Waals surface area contributed by atoms with Crippen molar-refractivity contribution in [3.8, 4) is 0 Å². The smallest absolute Gasteiger partial charge is 0.323 e. The molecule has 5 heteroatoms. The topological polar surface area (TPSA) is 58.6 Å². The standard InChI is InChI=1S/C8H14N2O3/c1-9-7(11)5-10(2)6-3-4-13-8(6)12/h6H,3-5H2,1-2H3,(H,9,11). The minimum absolute atomic E-state index is 0.0952. The highest BCUT2D eigenvalue weighted by molar-refractivity contribution is 5.81. The van der Waals surface area contributed by atoms with Gasteiger partial charge in [0.1, 0.15) is 6.04 Å². The Morgan fingerprint density at radius 3 is 2.92 bits per heavy atom. The molecule has 1 N–H and O–H groups in total. The molecule has 1 rings (SSSR count). The van der Waals surface area contributed by atoms with Crippen LogP contribution in [0.2, 0.25) is 0 Å². The molecule has 13 heavy (non-hydrogen) atoms. The van der Waals surface area contributed by atoms with Gasteiger partial charge in [-0.2, -0.15) is 0 Å². The molecule has 1 aliphatic rings. The average molecular weight is 186 g/mol. The fourth-order valence-corrected chi connectivity index (χ4v) is 1.30. The number of carbonyl (C=O) groups is 2. The van der Waals surface area contributed by atoms with Crippen molar-refractivity contribution < 1.29 is 14.3 Å². The summed E-state index contributed by atoms with van der Waals surface area (Å²) in [6, 6.07) is -0.253. The van der Waals surface area contributed by atoms with E-state index in [-0.39, 0.29) is 24.5 Å². The largest absolute Gasteiger partial charge is 0.464 e. The van der Waals surface area contributed by atoms with Crippen LogP contribution < -0.4 is 5.32 Å². The Balaban J connectivity index is 2.42. The van der Waals surface area contributed by atoms with Crippen LogP contribution in [0.5, 0.6) is 0 Å². The van der Waals surface area contributed by atoms with Crippen LogP contribution in [0.4, 0.5) is 0 Å². The van der Waals surface area contributed by atoms with Crippen molar-refractivity contribution in [2.24, 2.45) is 0 Å². The summed E-state index contributed by atoms with van der Waals surface area (Å²) < 4.78 is 4.79. The summed E-state index contributed by atoms with van der Waals surface area (Å²) >= 11 is 0. The maximum absolute atomic E-state index is 11.1. The Kier molecular flexibility index (Phi) is 3.25. The van der Waals surface area contributed by atoms with Gasteiger partial charge in [0.25, 0.3) is 0 Å². The molecule has 74 valence electrons. The van der Waals surface area contributed by atoms with E-state index in [9.17, 15) is 9.59 Å². The Morgan fingerprint density at radius 1 is 1.77 bits per heavy atom. The Morgan fingerprint density at radius 2 is 2.46 bits per heavy atom. The lowest BCUT2D eigenvalue weighted by Gasteiger charge is -2.19. The van der Waals surface area contributed by atoms with E-state index in [0.29, 0.717) is 13.0 Å². The highest BCUT2D eigenvalue weighted by Crippen LogP contribution is 2.11. The third kappa shape index (κ3) is 2.42. The van der Waals surface area contributed by atoms with Crippen molar-refractivity contribution in [3.63, 3.8) is 0 Å². The van der Waals surface area contributed by atoms with Gasteiger partial charge >= 0.3 is 5.97 Å². The lowest BCUT2D eigenvalue weighted by molar-refractivity contribution is -0.142. The normalized spacial score (nSPS) is 21.8. The molecule has 1 atom stereocenters. The van der Waals surface area contributed by atoms with Crippen molar-refractivity contribution in [2.75, 3.05) is 27.2 Å². The van der Waals surface area contributed by atoms with E-state index < -0.39 is 0 Å². The molecule has 0 saturated carbocycles. The van der Waals surface area contributed by atoms with E-state index in [0.717, 1.165) is 0 Å². The van der Waals surface area contributed by atoms with Crippen molar-refractivity contribution in [2.45, 2.75) is 12.5 Å². The SMILES string of the molecule is CNC(=O)CN(C)C1CCOC1=O. The van der Waals surface area contributed by atoms with Gasteiger partial charge in [-0.05, 0) is 7.05 Å². The van der Waals surface area contributed by atoms with Crippen LogP contribution in [0.15, 0.2) is 0 Å². The number of ether oxygens (including phenoxy) is 1. The van der Waals surface area contributed by atoms with Crippen LogP contribution in [-0.2, 0) is 14.3 Å². The first-order valence-corrected chi connectivity index (χ1v) is 4.22. The highest BCUT2D eigenvalue weighted by Gasteiger charge is 2.30. The number of hydrogen-bond acceptors (Lipinski definition) is 4. The molecule has 0 spiro atoms. The molecule has 0 aromatic carbocycles. The van der Waals surface area contributed by atoms with Crippen LogP contribution in [0, 0.1) is 0 Å². The molecule has 1 heterocycles. The van der Waals surface area contributed by atoms with Gasteiger partial charge in [0, 0.05) is 13.5 Å². The van der Waals surface area contributed by atoms with Crippen LogP contribution in [0.1, 0.15) is 6.42 Å². The molecular weight excluding hydrogens is 172 g/mol. The average Bonchev–Trinajstić information content (AvgIpc) is 2.51. The highest BCUT2D eigenvalue weighted by atomic mass is 16.5. The number of amides is 1. The van der Waals surface area contributed by atoms with E-state index in [4.69, 9.17) is 4.74 Å². The van der Waals surface area contributed by atoms with Crippen molar-refractivity contribution in [1.82, 2.24) is 10.2 Å². The molecule has 5 nitrogen and oxygen atoms in total. The van der Waals surface area contributed by atoms with E-state index in [1.165, 1.54) is 0 Å². The summed E-state index contributed by atoms with van der Waals surface area (Å²) in [6.45, 7) is 0.692. The third-order valence-corrected chi connectivity index (χ3v) is 2.11. The summed E-state index contributed by atoms with van der Waals surface area (Å²) in [4.78, 5) is 23.8. The number of esters is 1. The van der Waals surface area contributed by atoms with Gasteiger partial charge in [-0.3, -0.25) is 14.5 Å². The quantitative estimate of drug-likeness (QED) is 0.573. The summed E-state index contributed by atoms with van der Waals surface area (Å²) in [5, 5.41) is 2.50. The molecule has 0 radical (unpaired) electrons. The molecule has 0 aromatic rings. The molecule has 0 aliphatic carbocycles. The van der Waals surface area contributed by atoms with Gasteiger partial charge in [0.15, 0.2) is 0 Å². The number of likely N-dealkylation sites (N-methyl/N-ethyl adjacent to an activating group) is 2. The maximum atomic E-state index is 11.1. The first-order chi connectivity index (χ1) is 6.15. The minimum atomic E-state index is -0.253. The fraction of sp³-hybridized carbons (Fsp3) is 0.750. The Labute approximate surface area is 77.0 Å². The number of cyclic esters (lactones) is 1. The van der Waals surface area contributed by atoms with Gasteiger partial charge in [0.05, 0.1) is 13.2 Å². The second-order valence-electron chi connectivity index (χ2n) is 3.06. The zero-order chi connectivity index (χ0) is 9.84. The fourth-order valence-electron chi connectivity index (χ4n) is 1.30. The zero-order valence-electron chi connectivity index (χ0n) is 7.87. The molecule has 0 bridgehead atoms. The summed E-state index contributed by atoms with van der Waals surface area (Å²) in [5.41, 5.74) is 0. The first-order valence-electron chi connectivity index (χ1n) is 4.22. The van der Waals surface area contributed by atoms with Crippen molar-refractivity contribution in [1.29, 1.82) is 0 Å². The third-order valence-electron chi connectivity index (χ3n) is 2.11. The van der Waals surface area contributed by atoms with Gasteiger partial charge < -0.3 is 10.1 Å². The first kappa shape index (κ1) is 9.98.